The average Bonchev–Trinajstić information content (AvgIpc) is 2.95. The van der Waals surface area contributed by atoms with E-state index in [1.54, 1.807) is 35.0 Å². The van der Waals surface area contributed by atoms with Gasteiger partial charge < -0.3 is 5.32 Å². The number of hydrogen-bond acceptors (Lipinski definition) is 4. The van der Waals surface area contributed by atoms with E-state index in [2.05, 4.69) is 10.4 Å². The van der Waals surface area contributed by atoms with Gasteiger partial charge in [0.05, 0.1) is 16.3 Å². The zero-order valence-electron chi connectivity index (χ0n) is 13.8. The number of nitrogens with zero attached hydrogens (tertiary/aromatic N) is 3. The molecule has 0 aliphatic heterocycles. The van der Waals surface area contributed by atoms with Gasteiger partial charge in [0.15, 0.2) is 0 Å². The van der Waals surface area contributed by atoms with E-state index in [4.69, 9.17) is 0 Å². The Hall–Kier alpha value is -3.48. The van der Waals surface area contributed by atoms with Crippen LogP contribution in [0.3, 0.4) is 0 Å². The van der Waals surface area contributed by atoms with E-state index in [1.165, 1.54) is 12.1 Å². The van der Waals surface area contributed by atoms with E-state index in [0.29, 0.717) is 17.1 Å². The number of aromatic nitrogens is 2. The van der Waals surface area contributed by atoms with Crippen LogP contribution in [-0.2, 0) is 0 Å². The van der Waals surface area contributed by atoms with Crippen molar-refractivity contribution < 1.29 is 9.72 Å². The number of anilines is 1. The van der Waals surface area contributed by atoms with Crippen LogP contribution in [0, 0.1) is 24.0 Å². The van der Waals surface area contributed by atoms with Crippen molar-refractivity contribution in [2.24, 2.45) is 0 Å². The Balaban J connectivity index is 1.92. The van der Waals surface area contributed by atoms with E-state index < -0.39 is 4.92 Å². The summed E-state index contributed by atoms with van der Waals surface area (Å²) in [6.45, 7) is 3.68. The topological polar surface area (TPSA) is 90.1 Å². The molecule has 1 N–H and O–H groups in total. The summed E-state index contributed by atoms with van der Waals surface area (Å²) in [6.07, 6.45) is 0. The number of hydrogen-bond donors (Lipinski definition) is 1. The highest BCUT2D eigenvalue weighted by Crippen LogP contribution is 2.21. The molecule has 1 amide bonds. The van der Waals surface area contributed by atoms with Gasteiger partial charge in [0.2, 0.25) is 0 Å². The molecule has 0 atom stereocenters. The Kier molecular flexibility index (Phi) is 4.30. The SMILES string of the molecule is Cc1cc(NC(=O)c2ccccc2C)n(-c2ccc([N+](=O)[O-])cc2)n1. The maximum Gasteiger partial charge on any atom is 0.269 e. The van der Waals surface area contributed by atoms with Crippen molar-refractivity contribution in [3.63, 3.8) is 0 Å². The van der Waals surface area contributed by atoms with Gasteiger partial charge >= 0.3 is 0 Å². The average molecular weight is 336 g/mol. The van der Waals surface area contributed by atoms with Crippen molar-refractivity contribution >= 4 is 17.4 Å². The summed E-state index contributed by atoms with van der Waals surface area (Å²) in [5.41, 5.74) is 2.80. The number of rotatable bonds is 4. The van der Waals surface area contributed by atoms with Gasteiger partial charge in [-0.15, -0.1) is 0 Å². The second kappa shape index (κ2) is 6.56. The van der Waals surface area contributed by atoms with Crippen LogP contribution in [0.15, 0.2) is 54.6 Å². The minimum absolute atomic E-state index is 0.00174. The standard InChI is InChI=1S/C18H16N4O3/c1-12-5-3-4-6-16(12)18(23)19-17-11-13(2)20-21(17)14-7-9-15(10-8-14)22(24)25/h3-11H,1-2H3,(H,19,23). The van der Waals surface area contributed by atoms with Crippen molar-refractivity contribution in [3.05, 3.63) is 81.5 Å². The van der Waals surface area contributed by atoms with Gasteiger partial charge in [-0.05, 0) is 37.6 Å². The highest BCUT2D eigenvalue weighted by atomic mass is 16.6. The van der Waals surface area contributed by atoms with E-state index in [-0.39, 0.29) is 11.6 Å². The van der Waals surface area contributed by atoms with Crippen molar-refractivity contribution in [2.45, 2.75) is 13.8 Å². The van der Waals surface area contributed by atoms with Gasteiger partial charge in [0.1, 0.15) is 5.82 Å². The molecule has 0 spiro atoms. The van der Waals surface area contributed by atoms with Crippen LogP contribution in [-0.4, -0.2) is 20.6 Å². The van der Waals surface area contributed by atoms with Gasteiger partial charge in [0, 0.05) is 23.8 Å². The summed E-state index contributed by atoms with van der Waals surface area (Å²) in [6, 6.07) is 15.0. The minimum Gasteiger partial charge on any atom is -0.306 e. The number of non-ortho nitro benzene ring substituents is 1. The molecule has 126 valence electrons. The fourth-order valence-corrected chi connectivity index (χ4v) is 2.51. The first-order valence-electron chi connectivity index (χ1n) is 7.64. The number of aryl methyl sites for hydroxylation is 2. The molecule has 1 aromatic heterocycles. The van der Waals surface area contributed by atoms with Gasteiger partial charge in [-0.25, -0.2) is 4.68 Å². The summed E-state index contributed by atoms with van der Waals surface area (Å²) in [5.74, 6) is 0.265. The third kappa shape index (κ3) is 3.40. The number of carbonyl (C=O) groups excluding carboxylic acids is 1. The minimum atomic E-state index is -0.459. The molecule has 0 aliphatic carbocycles. The monoisotopic (exact) mass is 336 g/mol. The van der Waals surface area contributed by atoms with Crippen LogP contribution >= 0.6 is 0 Å². The molecular weight excluding hydrogens is 320 g/mol. The zero-order valence-corrected chi connectivity index (χ0v) is 13.8. The largest absolute Gasteiger partial charge is 0.306 e. The highest BCUT2D eigenvalue weighted by Gasteiger charge is 2.14. The van der Waals surface area contributed by atoms with E-state index in [1.807, 2.05) is 26.0 Å². The van der Waals surface area contributed by atoms with E-state index >= 15 is 0 Å². The second-order valence-electron chi connectivity index (χ2n) is 5.63. The van der Waals surface area contributed by atoms with Gasteiger partial charge in [-0.2, -0.15) is 5.10 Å². The fourth-order valence-electron chi connectivity index (χ4n) is 2.51. The highest BCUT2D eigenvalue weighted by molar-refractivity contribution is 6.05. The summed E-state index contributed by atoms with van der Waals surface area (Å²) in [4.78, 5) is 22.9. The zero-order chi connectivity index (χ0) is 18.0. The first-order chi connectivity index (χ1) is 12.0. The summed E-state index contributed by atoms with van der Waals surface area (Å²) in [7, 11) is 0. The Bertz CT molecular complexity index is 945. The van der Waals surface area contributed by atoms with Crippen molar-refractivity contribution in [3.8, 4) is 5.69 Å². The smallest absolute Gasteiger partial charge is 0.269 e. The quantitative estimate of drug-likeness (QED) is 0.581. The van der Waals surface area contributed by atoms with Crippen molar-refractivity contribution in [1.82, 2.24) is 9.78 Å². The van der Waals surface area contributed by atoms with Crippen LogP contribution in [0.2, 0.25) is 0 Å². The van der Waals surface area contributed by atoms with E-state index in [0.717, 1.165) is 11.3 Å². The second-order valence-corrected chi connectivity index (χ2v) is 5.63. The van der Waals surface area contributed by atoms with Crippen LogP contribution in [0.5, 0.6) is 0 Å². The number of benzene rings is 2. The third-order valence-corrected chi connectivity index (χ3v) is 3.77. The molecule has 7 heteroatoms. The molecule has 1 heterocycles. The number of amides is 1. The molecule has 2 aromatic carbocycles. The molecule has 3 aromatic rings. The Morgan fingerprint density at radius 1 is 1.12 bits per heavy atom. The summed E-state index contributed by atoms with van der Waals surface area (Å²) < 4.78 is 1.55. The Labute approximate surface area is 144 Å². The maximum absolute atomic E-state index is 12.5. The third-order valence-electron chi connectivity index (χ3n) is 3.77. The van der Waals surface area contributed by atoms with E-state index in [9.17, 15) is 14.9 Å². The number of nitro groups is 1. The lowest BCUT2D eigenvalue weighted by Gasteiger charge is -2.10. The molecule has 0 saturated carbocycles. The van der Waals surface area contributed by atoms with Crippen LogP contribution in [0.1, 0.15) is 21.6 Å². The predicted octanol–water partition coefficient (Wildman–Crippen LogP) is 3.65. The first kappa shape index (κ1) is 16.4. The fraction of sp³-hybridized carbons (Fsp3) is 0.111. The van der Waals surface area contributed by atoms with Crippen LogP contribution in [0.25, 0.3) is 5.69 Å². The molecule has 7 nitrogen and oxygen atoms in total. The number of nitro benzene ring substituents is 1. The molecular formula is C18H16N4O3. The number of nitrogens with one attached hydrogen (secondary N) is 1. The first-order valence-corrected chi connectivity index (χ1v) is 7.64. The molecule has 0 bridgehead atoms. The Morgan fingerprint density at radius 3 is 2.44 bits per heavy atom. The van der Waals surface area contributed by atoms with Crippen molar-refractivity contribution in [2.75, 3.05) is 5.32 Å². The van der Waals surface area contributed by atoms with Crippen LogP contribution in [0.4, 0.5) is 11.5 Å². The molecule has 0 fully saturated rings. The molecule has 0 radical (unpaired) electrons. The summed E-state index contributed by atoms with van der Waals surface area (Å²) in [5, 5.41) is 18.0. The Morgan fingerprint density at radius 2 is 1.80 bits per heavy atom. The molecule has 0 aliphatic rings. The van der Waals surface area contributed by atoms with Crippen LogP contribution < -0.4 is 5.32 Å². The molecule has 0 saturated heterocycles. The van der Waals surface area contributed by atoms with Gasteiger partial charge in [-0.3, -0.25) is 14.9 Å². The van der Waals surface area contributed by atoms with Gasteiger partial charge in [-0.1, -0.05) is 18.2 Å². The lowest BCUT2D eigenvalue weighted by atomic mass is 10.1. The predicted molar refractivity (Wildman–Crippen MR) is 94.1 cm³/mol. The lowest BCUT2D eigenvalue weighted by Crippen LogP contribution is -2.16. The summed E-state index contributed by atoms with van der Waals surface area (Å²) >= 11 is 0. The normalized spacial score (nSPS) is 10.5. The number of carbonyl (C=O) groups is 1. The maximum atomic E-state index is 12.5. The molecule has 3 rings (SSSR count). The molecule has 0 unspecified atom stereocenters. The molecule has 25 heavy (non-hydrogen) atoms. The van der Waals surface area contributed by atoms with Gasteiger partial charge in [0.25, 0.3) is 11.6 Å². The lowest BCUT2D eigenvalue weighted by molar-refractivity contribution is -0.384. The van der Waals surface area contributed by atoms with Crippen molar-refractivity contribution in [1.29, 1.82) is 0 Å².